The van der Waals surface area contributed by atoms with E-state index in [1.54, 1.807) is 31.0 Å². The maximum absolute atomic E-state index is 11.9. The van der Waals surface area contributed by atoms with Crippen LogP contribution in [0.5, 0.6) is 0 Å². The Bertz CT molecular complexity index is 596. The molecule has 4 N–H and O–H groups in total. The fourth-order valence-electron chi connectivity index (χ4n) is 2.11. The van der Waals surface area contributed by atoms with E-state index in [1.165, 1.54) is 0 Å². The Labute approximate surface area is 135 Å². The predicted molar refractivity (Wildman–Crippen MR) is 85.6 cm³/mol. The number of primary amides is 1. The predicted octanol–water partition coefficient (Wildman–Crippen LogP) is 0.594. The second-order valence-electron chi connectivity index (χ2n) is 5.89. The fraction of sp³-hybridized carbons (Fsp3) is 0.438. The van der Waals surface area contributed by atoms with Gasteiger partial charge in [-0.2, -0.15) is 0 Å². The lowest BCUT2D eigenvalue weighted by Gasteiger charge is -2.23. The Kier molecular flexibility index (Phi) is 5.33. The molecule has 0 aromatic heterocycles. The molecule has 1 aliphatic rings. The fourth-order valence-corrected chi connectivity index (χ4v) is 2.11. The van der Waals surface area contributed by atoms with Gasteiger partial charge in [-0.1, -0.05) is 12.1 Å². The summed E-state index contributed by atoms with van der Waals surface area (Å²) < 4.78 is 0. The summed E-state index contributed by atoms with van der Waals surface area (Å²) in [7, 11) is 1.78. The van der Waals surface area contributed by atoms with Crippen molar-refractivity contribution >= 4 is 17.8 Å². The highest BCUT2D eigenvalue weighted by atomic mass is 16.2. The monoisotopic (exact) mass is 318 g/mol. The molecule has 0 aliphatic heterocycles. The van der Waals surface area contributed by atoms with E-state index in [0.717, 1.165) is 18.4 Å². The Morgan fingerprint density at radius 2 is 1.87 bits per heavy atom. The van der Waals surface area contributed by atoms with E-state index in [2.05, 4.69) is 10.6 Å². The van der Waals surface area contributed by atoms with Gasteiger partial charge in [0.05, 0.1) is 6.04 Å². The van der Waals surface area contributed by atoms with Crippen molar-refractivity contribution in [1.29, 1.82) is 0 Å². The van der Waals surface area contributed by atoms with Crippen molar-refractivity contribution in [2.45, 2.75) is 38.4 Å². The molecular weight excluding hydrogens is 296 g/mol. The van der Waals surface area contributed by atoms with Crippen LogP contribution < -0.4 is 16.4 Å². The number of hydrogen-bond acceptors (Lipinski definition) is 4. The molecule has 0 spiro atoms. The molecule has 7 heteroatoms. The largest absolute Gasteiger partial charge is 0.351 e. The third-order valence-corrected chi connectivity index (χ3v) is 3.85. The van der Waals surface area contributed by atoms with Gasteiger partial charge in [0.15, 0.2) is 0 Å². The summed E-state index contributed by atoms with van der Waals surface area (Å²) in [5.41, 5.74) is 6.53. The Balaban J connectivity index is 1.90. The number of likely N-dealkylation sites (N-methyl/N-ethyl adjacent to an activating group) is 1. The molecule has 0 saturated heterocycles. The standard InChI is InChI=1S/C16H22N4O3/c1-10(14(21)19-16(17)23)20(2)9-11-3-5-12(6-4-11)15(22)18-13-7-8-13/h3-6,10,13H,7-9H2,1-2H3,(H,18,22)(H3,17,19,21,23)/t10-/m0/s1. The van der Waals surface area contributed by atoms with E-state index < -0.39 is 18.0 Å². The van der Waals surface area contributed by atoms with Crippen LogP contribution in [0.2, 0.25) is 0 Å². The molecule has 1 aliphatic carbocycles. The first-order valence-electron chi connectivity index (χ1n) is 7.57. The average molecular weight is 318 g/mol. The lowest BCUT2D eigenvalue weighted by molar-refractivity contribution is -0.124. The van der Waals surface area contributed by atoms with Gasteiger partial charge in [0.2, 0.25) is 5.91 Å². The molecule has 2 rings (SSSR count). The minimum absolute atomic E-state index is 0.0541. The lowest BCUT2D eigenvalue weighted by atomic mass is 10.1. The van der Waals surface area contributed by atoms with Crippen molar-refractivity contribution in [3.05, 3.63) is 35.4 Å². The van der Waals surface area contributed by atoms with Gasteiger partial charge in [0.25, 0.3) is 5.91 Å². The van der Waals surface area contributed by atoms with E-state index in [9.17, 15) is 14.4 Å². The zero-order valence-corrected chi connectivity index (χ0v) is 13.3. The van der Waals surface area contributed by atoms with Gasteiger partial charge in [-0.05, 0) is 44.5 Å². The number of carbonyl (C=O) groups is 3. The topological polar surface area (TPSA) is 105 Å². The number of benzene rings is 1. The highest BCUT2D eigenvalue weighted by Gasteiger charge is 2.24. The minimum atomic E-state index is -0.860. The number of nitrogens with two attached hydrogens (primary N) is 1. The number of urea groups is 1. The summed E-state index contributed by atoms with van der Waals surface area (Å²) in [5.74, 6) is -0.498. The van der Waals surface area contributed by atoms with Crippen LogP contribution in [0.4, 0.5) is 4.79 Å². The molecule has 23 heavy (non-hydrogen) atoms. The molecular formula is C16H22N4O3. The summed E-state index contributed by atoms with van der Waals surface area (Å²) in [6, 6.07) is 6.23. The second-order valence-corrected chi connectivity index (χ2v) is 5.89. The van der Waals surface area contributed by atoms with E-state index in [1.807, 2.05) is 12.1 Å². The van der Waals surface area contributed by atoms with Gasteiger partial charge in [0.1, 0.15) is 0 Å². The first-order valence-corrected chi connectivity index (χ1v) is 7.57. The number of hydrogen-bond donors (Lipinski definition) is 3. The summed E-state index contributed by atoms with van der Waals surface area (Å²) in [6.07, 6.45) is 2.11. The molecule has 7 nitrogen and oxygen atoms in total. The smallest absolute Gasteiger partial charge is 0.318 e. The number of nitrogens with one attached hydrogen (secondary N) is 2. The zero-order valence-electron chi connectivity index (χ0n) is 13.3. The highest BCUT2D eigenvalue weighted by Crippen LogP contribution is 2.19. The van der Waals surface area contributed by atoms with Crippen molar-refractivity contribution in [2.24, 2.45) is 5.73 Å². The molecule has 124 valence electrons. The van der Waals surface area contributed by atoms with Crippen LogP contribution >= 0.6 is 0 Å². The van der Waals surface area contributed by atoms with Gasteiger partial charge < -0.3 is 11.1 Å². The van der Waals surface area contributed by atoms with E-state index in [-0.39, 0.29) is 5.91 Å². The van der Waals surface area contributed by atoms with Crippen LogP contribution in [-0.2, 0) is 11.3 Å². The maximum atomic E-state index is 11.9. The summed E-state index contributed by atoms with van der Waals surface area (Å²) in [6.45, 7) is 2.20. The van der Waals surface area contributed by atoms with E-state index >= 15 is 0 Å². The average Bonchev–Trinajstić information content (AvgIpc) is 3.30. The van der Waals surface area contributed by atoms with Crippen molar-refractivity contribution in [2.75, 3.05) is 7.05 Å². The van der Waals surface area contributed by atoms with Crippen LogP contribution in [0.1, 0.15) is 35.7 Å². The number of carbonyl (C=O) groups excluding carboxylic acids is 3. The van der Waals surface area contributed by atoms with Crippen LogP contribution in [0.15, 0.2) is 24.3 Å². The summed E-state index contributed by atoms with van der Waals surface area (Å²) >= 11 is 0. The van der Waals surface area contributed by atoms with Crippen molar-refractivity contribution in [1.82, 2.24) is 15.5 Å². The quantitative estimate of drug-likeness (QED) is 0.714. The van der Waals surface area contributed by atoms with Crippen molar-refractivity contribution in [3.63, 3.8) is 0 Å². The highest BCUT2D eigenvalue weighted by molar-refractivity contribution is 5.96. The van der Waals surface area contributed by atoms with Gasteiger partial charge in [-0.3, -0.25) is 19.8 Å². The molecule has 0 radical (unpaired) electrons. The maximum Gasteiger partial charge on any atom is 0.318 e. The van der Waals surface area contributed by atoms with Crippen LogP contribution in [-0.4, -0.2) is 41.9 Å². The Morgan fingerprint density at radius 3 is 2.39 bits per heavy atom. The lowest BCUT2D eigenvalue weighted by Crippen LogP contribution is -2.46. The molecule has 1 aromatic rings. The third kappa shape index (κ3) is 5.07. The van der Waals surface area contributed by atoms with Crippen LogP contribution in [0.3, 0.4) is 0 Å². The number of nitrogens with zero attached hydrogens (tertiary/aromatic N) is 1. The van der Waals surface area contributed by atoms with E-state index in [0.29, 0.717) is 18.2 Å². The molecule has 1 saturated carbocycles. The van der Waals surface area contributed by atoms with Crippen LogP contribution in [0.25, 0.3) is 0 Å². The molecule has 0 bridgehead atoms. The summed E-state index contributed by atoms with van der Waals surface area (Å²) in [4.78, 5) is 36.1. The molecule has 1 atom stereocenters. The Hall–Kier alpha value is -2.41. The zero-order chi connectivity index (χ0) is 17.0. The molecule has 0 heterocycles. The normalized spacial score (nSPS) is 15.1. The van der Waals surface area contributed by atoms with Gasteiger partial charge >= 0.3 is 6.03 Å². The molecule has 4 amide bonds. The molecule has 1 aromatic carbocycles. The first kappa shape index (κ1) is 17.0. The number of amides is 4. The molecule has 1 fully saturated rings. The number of imide groups is 1. The van der Waals surface area contributed by atoms with Gasteiger partial charge in [0, 0.05) is 18.2 Å². The van der Waals surface area contributed by atoms with Crippen molar-refractivity contribution < 1.29 is 14.4 Å². The SMILES string of the molecule is C[C@@H](C(=O)NC(N)=O)N(C)Cc1ccc(C(=O)NC2CC2)cc1. The summed E-state index contributed by atoms with van der Waals surface area (Å²) in [5, 5.41) is 5.00. The first-order chi connectivity index (χ1) is 10.9. The second kappa shape index (κ2) is 7.23. The minimum Gasteiger partial charge on any atom is -0.351 e. The third-order valence-electron chi connectivity index (χ3n) is 3.85. The van der Waals surface area contributed by atoms with E-state index in [4.69, 9.17) is 5.73 Å². The van der Waals surface area contributed by atoms with Crippen molar-refractivity contribution in [3.8, 4) is 0 Å². The number of rotatable bonds is 6. The van der Waals surface area contributed by atoms with Gasteiger partial charge in [-0.15, -0.1) is 0 Å². The van der Waals surface area contributed by atoms with Crippen LogP contribution in [0, 0.1) is 0 Å². The van der Waals surface area contributed by atoms with Gasteiger partial charge in [-0.25, -0.2) is 4.79 Å². The Morgan fingerprint density at radius 1 is 1.26 bits per heavy atom. The molecule has 0 unspecified atom stereocenters.